The van der Waals surface area contributed by atoms with Crippen LogP contribution in [-0.2, 0) is 0 Å². The summed E-state index contributed by atoms with van der Waals surface area (Å²) in [4.78, 5) is 0. The van der Waals surface area contributed by atoms with E-state index < -0.39 is 0 Å². The Labute approximate surface area is 209 Å². The van der Waals surface area contributed by atoms with Crippen LogP contribution in [0.25, 0.3) is 0 Å². The van der Waals surface area contributed by atoms with Crippen molar-refractivity contribution in [3.8, 4) is 0 Å². The third kappa shape index (κ3) is 8.00. The lowest BCUT2D eigenvalue weighted by Crippen LogP contribution is -2.41. The van der Waals surface area contributed by atoms with Crippen LogP contribution in [0.1, 0.15) is 157 Å². The molecule has 0 spiro atoms. The summed E-state index contributed by atoms with van der Waals surface area (Å²) in [6.45, 7) is 12.2. The van der Waals surface area contributed by atoms with Gasteiger partial charge in [0.15, 0.2) is 0 Å². The molecule has 4 fully saturated rings. The minimum absolute atomic E-state index is 1.00. The van der Waals surface area contributed by atoms with Crippen LogP contribution in [0.15, 0.2) is 0 Å². The second-order valence-electron chi connectivity index (χ2n) is 13.5. The van der Waals surface area contributed by atoms with E-state index in [4.69, 9.17) is 0 Å². The molecule has 4 aliphatic rings. The first-order valence-corrected chi connectivity index (χ1v) is 16.0. The average Bonchev–Trinajstić information content (AvgIpc) is 3.32. The Kier molecular flexibility index (Phi) is 12.1. The molecule has 0 N–H and O–H groups in total. The van der Waals surface area contributed by atoms with Crippen LogP contribution in [0.4, 0.5) is 0 Å². The zero-order chi connectivity index (χ0) is 23.6. The SMILES string of the molecule is CCC1CC(C)CCC1C.CCCCC1C(C)CC2CCCC2C1C1CCCCCCCC1. The fraction of sp³-hybridized carbons (Fsp3) is 1.00. The summed E-state index contributed by atoms with van der Waals surface area (Å²) in [5, 5.41) is 0. The van der Waals surface area contributed by atoms with Crippen LogP contribution in [0.5, 0.6) is 0 Å². The van der Waals surface area contributed by atoms with Crippen molar-refractivity contribution in [2.24, 2.45) is 53.3 Å². The maximum absolute atomic E-state index is 2.62. The van der Waals surface area contributed by atoms with Crippen molar-refractivity contribution in [3.63, 3.8) is 0 Å². The van der Waals surface area contributed by atoms with Crippen LogP contribution >= 0.6 is 0 Å². The summed E-state index contributed by atoms with van der Waals surface area (Å²) >= 11 is 0. The Morgan fingerprint density at radius 1 is 0.606 bits per heavy atom. The molecule has 0 bridgehead atoms. The Hall–Kier alpha value is 0. The Balaban J connectivity index is 0.000000257. The Morgan fingerprint density at radius 3 is 1.91 bits per heavy atom. The van der Waals surface area contributed by atoms with E-state index in [2.05, 4.69) is 34.6 Å². The van der Waals surface area contributed by atoms with E-state index in [1.54, 1.807) is 44.9 Å². The van der Waals surface area contributed by atoms with Gasteiger partial charge in [0.2, 0.25) is 0 Å². The van der Waals surface area contributed by atoms with E-state index in [9.17, 15) is 0 Å². The van der Waals surface area contributed by atoms with Gasteiger partial charge in [-0.05, 0) is 78.9 Å². The number of hydrogen-bond donors (Lipinski definition) is 0. The van der Waals surface area contributed by atoms with Crippen molar-refractivity contribution in [2.45, 2.75) is 157 Å². The zero-order valence-corrected chi connectivity index (χ0v) is 23.6. The molecule has 0 saturated heterocycles. The monoisotopic (exact) mass is 458 g/mol. The molecule has 4 saturated carbocycles. The van der Waals surface area contributed by atoms with Crippen LogP contribution in [0.2, 0.25) is 0 Å². The van der Waals surface area contributed by atoms with Crippen molar-refractivity contribution in [3.05, 3.63) is 0 Å². The lowest BCUT2D eigenvalue weighted by molar-refractivity contribution is 0.00764. The standard InChI is InChI=1S/C23H42.C10H20/c1-3-4-15-21-18(2)17-20-14-11-16-22(20)23(21)19-12-9-7-5-6-8-10-13-19;1-4-10-7-8(2)5-6-9(10)3/h18-23H,3-17H2,1-2H3;8-10H,4-7H2,1-3H3. The molecule has 0 heteroatoms. The predicted molar refractivity (Wildman–Crippen MR) is 148 cm³/mol. The lowest BCUT2D eigenvalue weighted by atomic mass is 9.57. The van der Waals surface area contributed by atoms with Crippen molar-refractivity contribution < 1.29 is 0 Å². The van der Waals surface area contributed by atoms with Crippen molar-refractivity contribution >= 4 is 0 Å². The molecule has 0 nitrogen and oxygen atoms in total. The van der Waals surface area contributed by atoms with Crippen LogP contribution in [-0.4, -0.2) is 0 Å². The first-order chi connectivity index (χ1) is 16.0. The quantitative estimate of drug-likeness (QED) is 0.384. The summed E-state index contributed by atoms with van der Waals surface area (Å²) in [5.74, 6) is 9.54. The van der Waals surface area contributed by atoms with Crippen LogP contribution < -0.4 is 0 Å². The van der Waals surface area contributed by atoms with E-state index in [1.165, 1.54) is 77.0 Å². The smallest absolute Gasteiger partial charge is 0.0324 e. The molecule has 4 rings (SSSR count). The highest BCUT2D eigenvalue weighted by atomic mass is 14.5. The number of fused-ring (bicyclic) bond motifs is 1. The van der Waals surface area contributed by atoms with Crippen molar-refractivity contribution in [1.29, 1.82) is 0 Å². The Morgan fingerprint density at radius 2 is 1.27 bits per heavy atom. The molecule has 8 unspecified atom stereocenters. The van der Waals surface area contributed by atoms with Gasteiger partial charge in [-0.2, -0.15) is 0 Å². The van der Waals surface area contributed by atoms with Crippen LogP contribution in [0, 0.1) is 53.3 Å². The second-order valence-corrected chi connectivity index (χ2v) is 13.5. The van der Waals surface area contributed by atoms with Gasteiger partial charge >= 0.3 is 0 Å². The first-order valence-electron chi connectivity index (χ1n) is 16.0. The van der Waals surface area contributed by atoms with Gasteiger partial charge in [0, 0.05) is 0 Å². The van der Waals surface area contributed by atoms with E-state index in [1.807, 2.05) is 0 Å². The lowest BCUT2D eigenvalue weighted by Gasteiger charge is -2.48. The molecule has 0 radical (unpaired) electrons. The topological polar surface area (TPSA) is 0 Å². The summed E-state index contributed by atoms with van der Waals surface area (Å²) < 4.78 is 0. The summed E-state index contributed by atoms with van der Waals surface area (Å²) in [6.07, 6.45) is 28.8. The number of hydrogen-bond acceptors (Lipinski definition) is 0. The Bertz CT molecular complexity index is 498. The van der Waals surface area contributed by atoms with Gasteiger partial charge in [-0.15, -0.1) is 0 Å². The highest BCUT2D eigenvalue weighted by molar-refractivity contribution is 4.96. The minimum atomic E-state index is 1.00. The fourth-order valence-electron chi connectivity index (χ4n) is 9.10. The molecule has 33 heavy (non-hydrogen) atoms. The molecule has 4 aliphatic carbocycles. The molecule has 194 valence electrons. The van der Waals surface area contributed by atoms with E-state index >= 15 is 0 Å². The molecular weight excluding hydrogens is 396 g/mol. The van der Waals surface area contributed by atoms with Crippen molar-refractivity contribution in [2.75, 3.05) is 0 Å². The zero-order valence-electron chi connectivity index (χ0n) is 23.6. The van der Waals surface area contributed by atoms with Gasteiger partial charge < -0.3 is 0 Å². The highest BCUT2D eigenvalue weighted by Crippen LogP contribution is 2.55. The largest absolute Gasteiger partial charge is 0.0654 e. The van der Waals surface area contributed by atoms with E-state index in [0.29, 0.717) is 0 Å². The highest BCUT2D eigenvalue weighted by Gasteiger charge is 2.46. The predicted octanol–water partition coefficient (Wildman–Crippen LogP) is 11.1. The number of unbranched alkanes of at least 4 members (excludes halogenated alkanes) is 1. The second kappa shape index (κ2) is 14.5. The summed E-state index contributed by atoms with van der Waals surface area (Å²) in [7, 11) is 0. The molecule has 0 heterocycles. The molecule has 0 aromatic rings. The van der Waals surface area contributed by atoms with Gasteiger partial charge in [-0.25, -0.2) is 0 Å². The van der Waals surface area contributed by atoms with Crippen molar-refractivity contribution in [1.82, 2.24) is 0 Å². The summed E-state index contributed by atoms with van der Waals surface area (Å²) in [5.41, 5.74) is 0. The van der Waals surface area contributed by atoms with E-state index in [-0.39, 0.29) is 0 Å². The van der Waals surface area contributed by atoms with Gasteiger partial charge in [0.25, 0.3) is 0 Å². The first kappa shape index (κ1) is 27.6. The third-order valence-electron chi connectivity index (χ3n) is 11.1. The maximum atomic E-state index is 2.62. The normalized spacial score (nSPS) is 40.6. The molecule has 8 atom stereocenters. The van der Waals surface area contributed by atoms with Gasteiger partial charge in [-0.3, -0.25) is 0 Å². The minimum Gasteiger partial charge on any atom is -0.0654 e. The number of rotatable bonds is 5. The third-order valence-corrected chi connectivity index (χ3v) is 11.1. The van der Waals surface area contributed by atoms with E-state index in [0.717, 1.165) is 53.3 Å². The molecule has 0 amide bonds. The molecule has 0 aliphatic heterocycles. The maximum Gasteiger partial charge on any atom is -0.0324 e. The van der Waals surface area contributed by atoms with Gasteiger partial charge in [0.1, 0.15) is 0 Å². The summed E-state index contributed by atoms with van der Waals surface area (Å²) in [6, 6.07) is 0. The molecule has 0 aromatic carbocycles. The van der Waals surface area contributed by atoms with Gasteiger partial charge in [-0.1, -0.05) is 131 Å². The van der Waals surface area contributed by atoms with Gasteiger partial charge in [0.05, 0.1) is 0 Å². The van der Waals surface area contributed by atoms with Crippen LogP contribution in [0.3, 0.4) is 0 Å². The molecule has 0 aromatic heterocycles. The molecular formula is C33H62. The average molecular weight is 459 g/mol. The fourth-order valence-corrected chi connectivity index (χ4v) is 9.10.